The first-order chi connectivity index (χ1) is 12.4. The van der Waals surface area contributed by atoms with E-state index < -0.39 is 10.0 Å². The summed E-state index contributed by atoms with van der Waals surface area (Å²) in [6, 6.07) is 6.83. The molecule has 0 aliphatic carbocycles. The average Bonchev–Trinajstić information content (AvgIpc) is 2.62. The summed E-state index contributed by atoms with van der Waals surface area (Å²) in [5.41, 5.74) is 0.872. The summed E-state index contributed by atoms with van der Waals surface area (Å²) in [6.45, 7) is 1.64. The SMILES string of the molecule is CS(=O)(=O)NC[C@H]1[C@H]2C[C@H](CN(c3ncccn3)C2)c2cccc(=O)n21. The standard InChI is InChI=1S/C17H21N5O3S/c1-26(24,25)20-9-15-13-8-12(14-4-2-5-16(23)22(14)15)10-21(11-13)17-18-6-3-7-19-17/h2-7,12-13,15,20H,8-11H2,1H3/t12-,13+,15+/m1/s1. The van der Waals surface area contributed by atoms with Crippen molar-refractivity contribution in [2.24, 2.45) is 5.92 Å². The molecule has 2 aromatic rings. The molecule has 0 saturated carbocycles. The third-order valence-electron chi connectivity index (χ3n) is 5.19. The molecule has 0 spiro atoms. The van der Waals surface area contributed by atoms with E-state index in [0.717, 1.165) is 24.9 Å². The second-order valence-electron chi connectivity index (χ2n) is 6.99. The highest BCUT2D eigenvalue weighted by Crippen LogP contribution is 2.41. The van der Waals surface area contributed by atoms with Crippen LogP contribution in [0.3, 0.4) is 0 Å². The Balaban J connectivity index is 1.72. The van der Waals surface area contributed by atoms with Gasteiger partial charge in [-0.3, -0.25) is 4.79 Å². The monoisotopic (exact) mass is 375 g/mol. The molecule has 9 heteroatoms. The number of hydrogen-bond donors (Lipinski definition) is 1. The van der Waals surface area contributed by atoms with E-state index in [1.807, 2.05) is 6.07 Å². The maximum absolute atomic E-state index is 12.5. The first-order valence-corrected chi connectivity index (χ1v) is 10.5. The van der Waals surface area contributed by atoms with Crippen LogP contribution in [-0.4, -0.2) is 48.8 Å². The Morgan fingerprint density at radius 1 is 1.19 bits per heavy atom. The van der Waals surface area contributed by atoms with Gasteiger partial charge in [0.05, 0.1) is 12.3 Å². The fourth-order valence-corrected chi connectivity index (χ4v) is 4.63. The van der Waals surface area contributed by atoms with Gasteiger partial charge in [-0.1, -0.05) is 6.07 Å². The Labute approximate surface area is 151 Å². The lowest BCUT2D eigenvalue weighted by Gasteiger charge is -2.47. The molecule has 1 saturated heterocycles. The summed E-state index contributed by atoms with van der Waals surface area (Å²) >= 11 is 0. The number of sulfonamides is 1. The Kier molecular flexibility index (Phi) is 4.28. The first kappa shape index (κ1) is 17.2. The van der Waals surface area contributed by atoms with Crippen LogP contribution >= 0.6 is 0 Å². The fraction of sp³-hybridized carbons (Fsp3) is 0.471. The normalized spacial score (nSPS) is 25.0. The number of fused-ring (bicyclic) bond motifs is 4. The van der Waals surface area contributed by atoms with Crippen LogP contribution in [0.15, 0.2) is 41.5 Å². The van der Waals surface area contributed by atoms with E-state index in [9.17, 15) is 13.2 Å². The van der Waals surface area contributed by atoms with E-state index in [0.29, 0.717) is 12.5 Å². The Morgan fingerprint density at radius 2 is 1.96 bits per heavy atom. The van der Waals surface area contributed by atoms with Gasteiger partial charge in [0.2, 0.25) is 16.0 Å². The zero-order valence-electron chi connectivity index (χ0n) is 14.4. The van der Waals surface area contributed by atoms with Crippen molar-refractivity contribution in [1.29, 1.82) is 0 Å². The molecule has 4 rings (SSSR count). The molecule has 4 heterocycles. The van der Waals surface area contributed by atoms with Crippen LogP contribution in [0.2, 0.25) is 0 Å². The molecule has 0 amide bonds. The second kappa shape index (κ2) is 6.48. The van der Waals surface area contributed by atoms with E-state index >= 15 is 0 Å². The zero-order chi connectivity index (χ0) is 18.3. The maximum Gasteiger partial charge on any atom is 0.251 e. The maximum atomic E-state index is 12.5. The number of nitrogens with one attached hydrogen (secondary N) is 1. The molecule has 2 aromatic heterocycles. The number of hydrogen-bond acceptors (Lipinski definition) is 6. The number of anilines is 1. The Hall–Kier alpha value is -2.26. The van der Waals surface area contributed by atoms with Gasteiger partial charge in [-0.25, -0.2) is 23.1 Å². The largest absolute Gasteiger partial charge is 0.340 e. The van der Waals surface area contributed by atoms with Crippen LogP contribution in [-0.2, 0) is 10.0 Å². The lowest BCUT2D eigenvalue weighted by molar-refractivity contribution is 0.213. The van der Waals surface area contributed by atoms with Crippen molar-refractivity contribution in [3.05, 3.63) is 52.7 Å². The van der Waals surface area contributed by atoms with Gasteiger partial charge in [0, 0.05) is 49.7 Å². The lowest BCUT2D eigenvalue weighted by Crippen LogP contribution is -2.52. The van der Waals surface area contributed by atoms with Crippen LogP contribution in [0, 0.1) is 5.92 Å². The molecule has 138 valence electrons. The summed E-state index contributed by atoms with van der Waals surface area (Å²) in [6.07, 6.45) is 5.49. The molecule has 8 nitrogen and oxygen atoms in total. The zero-order valence-corrected chi connectivity index (χ0v) is 15.3. The quantitative estimate of drug-likeness (QED) is 0.828. The average molecular weight is 375 g/mol. The van der Waals surface area contributed by atoms with Crippen molar-refractivity contribution in [3.8, 4) is 0 Å². The minimum absolute atomic E-state index is 0.0816. The lowest BCUT2D eigenvalue weighted by atomic mass is 9.78. The summed E-state index contributed by atoms with van der Waals surface area (Å²) in [7, 11) is -3.34. The highest BCUT2D eigenvalue weighted by molar-refractivity contribution is 7.88. The number of rotatable bonds is 4. The molecule has 0 unspecified atom stereocenters. The third-order valence-corrected chi connectivity index (χ3v) is 5.88. The van der Waals surface area contributed by atoms with E-state index in [1.165, 1.54) is 6.07 Å². The predicted octanol–water partition coefficient (Wildman–Crippen LogP) is 0.352. The van der Waals surface area contributed by atoms with Gasteiger partial charge in [-0.05, 0) is 24.5 Å². The molecule has 26 heavy (non-hydrogen) atoms. The highest BCUT2D eigenvalue weighted by Gasteiger charge is 2.41. The highest BCUT2D eigenvalue weighted by atomic mass is 32.2. The molecular weight excluding hydrogens is 354 g/mol. The van der Waals surface area contributed by atoms with E-state index in [2.05, 4.69) is 19.6 Å². The van der Waals surface area contributed by atoms with Crippen molar-refractivity contribution < 1.29 is 8.42 Å². The predicted molar refractivity (Wildman–Crippen MR) is 97.7 cm³/mol. The Morgan fingerprint density at radius 3 is 2.69 bits per heavy atom. The molecule has 2 aliphatic rings. The van der Waals surface area contributed by atoms with E-state index in [1.54, 1.807) is 29.1 Å². The molecule has 2 bridgehead atoms. The number of piperidine rings is 1. The first-order valence-electron chi connectivity index (χ1n) is 8.60. The summed E-state index contributed by atoms with van der Waals surface area (Å²) in [5, 5.41) is 0. The van der Waals surface area contributed by atoms with Crippen LogP contribution in [0.25, 0.3) is 0 Å². The summed E-state index contributed by atoms with van der Waals surface area (Å²) in [5.74, 6) is 1.00. The van der Waals surface area contributed by atoms with Gasteiger partial charge in [0.25, 0.3) is 5.56 Å². The molecular formula is C17H21N5O3S. The molecule has 1 N–H and O–H groups in total. The minimum Gasteiger partial charge on any atom is -0.340 e. The summed E-state index contributed by atoms with van der Waals surface area (Å²) < 4.78 is 27.6. The number of pyridine rings is 1. The molecule has 3 atom stereocenters. The second-order valence-corrected chi connectivity index (χ2v) is 8.83. The van der Waals surface area contributed by atoms with Crippen LogP contribution in [0.4, 0.5) is 5.95 Å². The van der Waals surface area contributed by atoms with Crippen LogP contribution < -0.4 is 15.2 Å². The minimum atomic E-state index is -3.34. The van der Waals surface area contributed by atoms with Crippen molar-refractivity contribution in [2.45, 2.75) is 18.4 Å². The topological polar surface area (TPSA) is 97.2 Å². The van der Waals surface area contributed by atoms with Crippen molar-refractivity contribution in [1.82, 2.24) is 19.3 Å². The molecule has 2 aliphatic heterocycles. The smallest absolute Gasteiger partial charge is 0.251 e. The van der Waals surface area contributed by atoms with Crippen LogP contribution in [0.1, 0.15) is 24.1 Å². The number of nitrogens with zero attached hydrogens (tertiary/aromatic N) is 4. The number of aromatic nitrogens is 3. The fourth-order valence-electron chi connectivity index (χ4n) is 4.16. The van der Waals surface area contributed by atoms with Gasteiger partial charge < -0.3 is 9.47 Å². The van der Waals surface area contributed by atoms with Crippen molar-refractivity contribution >= 4 is 16.0 Å². The Bertz CT molecular complexity index is 960. The van der Waals surface area contributed by atoms with Gasteiger partial charge in [0.1, 0.15) is 0 Å². The molecule has 0 aromatic carbocycles. The third kappa shape index (κ3) is 3.24. The van der Waals surface area contributed by atoms with E-state index in [4.69, 9.17) is 0 Å². The van der Waals surface area contributed by atoms with Crippen molar-refractivity contribution in [3.63, 3.8) is 0 Å². The molecule has 1 fully saturated rings. The van der Waals surface area contributed by atoms with Gasteiger partial charge in [-0.2, -0.15) is 0 Å². The summed E-state index contributed by atoms with van der Waals surface area (Å²) in [4.78, 5) is 23.4. The van der Waals surface area contributed by atoms with Crippen molar-refractivity contribution in [2.75, 3.05) is 30.8 Å². The van der Waals surface area contributed by atoms with E-state index in [-0.39, 0.29) is 30.0 Å². The molecule has 0 radical (unpaired) electrons. The van der Waals surface area contributed by atoms with Gasteiger partial charge >= 0.3 is 0 Å². The van der Waals surface area contributed by atoms with Gasteiger partial charge in [0.15, 0.2) is 0 Å². The van der Waals surface area contributed by atoms with Gasteiger partial charge in [-0.15, -0.1) is 0 Å². The van der Waals surface area contributed by atoms with Crippen LogP contribution in [0.5, 0.6) is 0 Å².